The van der Waals surface area contributed by atoms with E-state index in [9.17, 15) is 4.79 Å². The van der Waals surface area contributed by atoms with Gasteiger partial charge in [0.25, 0.3) is 0 Å². The Kier molecular flexibility index (Phi) is 5.09. The van der Waals surface area contributed by atoms with Crippen LogP contribution in [0.3, 0.4) is 0 Å². The average molecular weight is 184 g/mol. The Morgan fingerprint density at radius 2 is 2.23 bits per heavy atom. The van der Waals surface area contributed by atoms with Gasteiger partial charge in [0.2, 0.25) is 5.91 Å². The number of nitrogens with zero attached hydrogens (tertiary/aromatic N) is 1. The highest BCUT2D eigenvalue weighted by atomic mass is 16.5. The van der Waals surface area contributed by atoms with Crippen molar-refractivity contribution >= 4 is 5.91 Å². The van der Waals surface area contributed by atoms with E-state index in [1.54, 1.807) is 21.0 Å². The molecule has 4 heteroatoms. The molecule has 0 heterocycles. The van der Waals surface area contributed by atoms with Crippen LogP contribution in [-0.4, -0.2) is 26.2 Å². The molecule has 0 aliphatic carbocycles. The molecule has 1 amide bonds. The summed E-state index contributed by atoms with van der Waals surface area (Å²) in [4.78, 5) is 11.3. The Morgan fingerprint density at radius 1 is 1.62 bits per heavy atom. The van der Waals surface area contributed by atoms with Gasteiger partial charge >= 0.3 is 0 Å². The van der Waals surface area contributed by atoms with Crippen molar-refractivity contribution < 1.29 is 9.53 Å². The first-order chi connectivity index (χ1) is 6.04. The lowest BCUT2D eigenvalue weighted by molar-refractivity contribution is -0.126. The fourth-order valence-electron chi connectivity index (χ4n) is 0.690. The minimum atomic E-state index is -0.937. The van der Waals surface area contributed by atoms with Crippen LogP contribution < -0.4 is 5.32 Å². The van der Waals surface area contributed by atoms with Crippen molar-refractivity contribution in [3.05, 3.63) is 0 Å². The van der Waals surface area contributed by atoms with E-state index >= 15 is 0 Å². The predicted octanol–water partition coefficient (Wildman–Crippen LogP) is 0.689. The third kappa shape index (κ3) is 4.48. The van der Waals surface area contributed by atoms with Gasteiger partial charge in [0.15, 0.2) is 0 Å². The van der Waals surface area contributed by atoms with Crippen molar-refractivity contribution in [1.29, 1.82) is 5.26 Å². The molecule has 74 valence electrons. The topological polar surface area (TPSA) is 62.1 Å². The second kappa shape index (κ2) is 5.55. The van der Waals surface area contributed by atoms with Gasteiger partial charge in [0, 0.05) is 20.3 Å². The van der Waals surface area contributed by atoms with Crippen LogP contribution in [0.4, 0.5) is 0 Å². The molecule has 1 N–H and O–H groups in total. The van der Waals surface area contributed by atoms with Crippen molar-refractivity contribution in [1.82, 2.24) is 5.32 Å². The third-order valence-electron chi connectivity index (χ3n) is 1.66. The lowest BCUT2D eigenvalue weighted by Crippen LogP contribution is -2.36. The summed E-state index contributed by atoms with van der Waals surface area (Å²) in [7, 11) is 1.61. The van der Waals surface area contributed by atoms with Crippen molar-refractivity contribution in [2.24, 2.45) is 5.41 Å². The fourth-order valence-corrected chi connectivity index (χ4v) is 0.690. The van der Waals surface area contributed by atoms with E-state index in [4.69, 9.17) is 10.00 Å². The van der Waals surface area contributed by atoms with Crippen LogP contribution in [0.25, 0.3) is 0 Å². The first kappa shape index (κ1) is 11.9. The lowest BCUT2D eigenvalue weighted by atomic mass is 9.95. The fraction of sp³-hybridized carbons (Fsp3) is 0.778. The van der Waals surface area contributed by atoms with Gasteiger partial charge < -0.3 is 10.1 Å². The third-order valence-corrected chi connectivity index (χ3v) is 1.66. The van der Waals surface area contributed by atoms with Crippen molar-refractivity contribution in [2.75, 3.05) is 20.3 Å². The molecule has 0 saturated carbocycles. The Balaban J connectivity index is 3.70. The summed E-state index contributed by atoms with van der Waals surface area (Å²) >= 11 is 0. The summed E-state index contributed by atoms with van der Waals surface area (Å²) in [5, 5.41) is 11.3. The van der Waals surface area contributed by atoms with Gasteiger partial charge in [0.05, 0.1) is 6.07 Å². The van der Waals surface area contributed by atoms with Crippen molar-refractivity contribution in [3.8, 4) is 6.07 Å². The van der Waals surface area contributed by atoms with E-state index in [2.05, 4.69) is 5.32 Å². The van der Waals surface area contributed by atoms with Crippen LogP contribution in [0, 0.1) is 16.7 Å². The molecule has 0 aliphatic rings. The second-order valence-corrected chi connectivity index (χ2v) is 3.34. The van der Waals surface area contributed by atoms with Crippen LogP contribution >= 0.6 is 0 Å². The van der Waals surface area contributed by atoms with E-state index in [0.717, 1.165) is 6.42 Å². The zero-order chi connectivity index (χ0) is 10.3. The summed E-state index contributed by atoms with van der Waals surface area (Å²) in [6, 6.07) is 1.94. The Hall–Kier alpha value is -1.08. The molecule has 0 bridgehead atoms. The summed E-state index contributed by atoms with van der Waals surface area (Å²) in [6.07, 6.45) is 0.768. The predicted molar refractivity (Wildman–Crippen MR) is 48.9 cm³/mol. The van der Waals surface area contributed by atoms with Crippen LogP contribution in [0.1, 0.15) is 20.3 Å². The molecule has 0 aromatic heterocycles. The summed E-state index contributed by atoms with van der Waals surface area (Å²) in [5.41, 5.74) is -0.937. The molecule has 0 saturated heterocycles. The number of amides is 1. The molecule has 13 heavy (non-hydrogen) atoms. The Bertz CT molecular complexity index is 206. The average Bonchev–Trinajstić information content (AvgIpc) is 2.12. The largest absolute Gasteiger partial charge is 0.385 e. The van der Waals surface area contributed by atoms with Gasteiger partial charge in [-0.25, -0.2) is 0 Å². The summed E-state index contributed by atoms with van der Waals surface area (Å²) < 4.78 is 4.82. The molecule has 0 unspecified atom stereocenters. The van der Waals surface area contributed by atoms with Crippen LogP contribution in [0.15, 0.2) is 0 Å². The van der Waals surface area contributed by atoms with Gasteiger partial charge in [-0.1, -0.05) is 0 Å². The molecule has 0 radical (unpaired) electrons. The molecule has 0 atom stereocenters. The van der Waals surface area contributed by atoms with E-state index in [1.807, 2.05) is 6.07 Å². The van der Waals surface area contributed by atoms with Crippen molar-refractivity contribution in [3.63, 3.8) is 0 Å². The molecule has 4 nitrogen and oxygen atoms in total. The molecule has 0 aromatic rings. The lowest BCUT2D eigenvalue weighted by Gasteiger charge is -2.14. The Morgan fingerprint density at radius 3 is 2.69 bits per heavy atom. The number of carbonyl (C=O) groups is 1. The highest BCUT2D eigenvalue weighted by Crippen LogP contribution is 2.12. The van der Waals surface area contributed by atoms with Gasteiger partial charge in [-0.15, -0.1) is 0 Å². The Labute approximate surface area is 78.9 Å². The normalized spacial score (nSPS) is 10.6. The molecular formula is C9H16N2O2. The highest BCUT2D eigenvalue weighted by molar-refractivity contribution is 5.84. The minimum absolute atomic E-state index is 0.230. The monoisotopic (exact) mass is 184 g/mol. The maximum absolute atomic E-state index is 11.3. The maximum atomic E-state index is 11.3. The number of hydrogen-bond donors (Lipinski definition) is 1. The van der Waals surface area contributed by atoms with Crippen LogP contribution in [0.2, 0.25) is 0 Å². The first-order valence-electron chi connectivity index (χ1n) is 4.23. The maximum Gasteiger partial charge on any atom is 0.239 e. The van der Waals surface area contributed by atoms with Crippen LogP contribution in [0.5, 0.6) is 0 Å². The smallest absolute Gasteiger partial charge is 0.239 e. The molecular weight excluding hydrogens is 168 g/mol. The summed E-state index contributed by atoms with van der Waals surface area (Å²) in [6.45, 7) is 4.36. The van der Waals surface area contributed by atoms with Gasteiger partial charge in [-0.2, -0.15) is 5.26 Å². The number of carbonyl (C=O) groups excluding carboxylic acids is 1. The summed E-state index contributed by atoms with van der Waals surface area (Å²) in [5.74, 6) is -0.230. The molecule has 0 fully saturated rings. The van der Waals surface area contributed by atoms with Crippen LogP contribution in [-0.2, 0) is 9.53 Å². The van der Waals surface area contributed by atoms with E-state index in [-0.39, 0.29) is 5.91 Å². The number of hydrogen-bond acceptors (Lipinski definition) is 3. The molecule has 0 rings (SSSR count). The molecule has 0 aromatic carbocycles. The number of nitriles is 1. The standard InChI is InChI=1S/C9H16N2O2/c1-9(2,7-10)8(12)11-5-4-6-13-3/h4-6H2,1-3H3,(H,11,12). The van der Waals surface area contributed by atoms with Gasteiger partial charge in [-0.05, 0) is 20.3 Å². The highest BCUT2D eigenvalue weighted by Gasteiger charge is 2.26. The number of methoxy groups -OCH3 is 1. The zero-order valence-corrected chi connectivity index (χ0v) is 8.39. The van der Waals surface area contributed by atoms with Gasteiger partial charge in [0.1, 0.15) is 5.41 Å². The number of nitrogens with one attached hydrogen (secondary N) is 1. The zero-order valence-electron chi connectivity index (χ0n) is 8.39. The minimum Gasteiger partial charge on any atom is -0.385 e. The van der Waals surface area contributed by atoms with E-state index in [0.29, 0.717) is 13.2 Å². The molecule has 0 spiro atoms. The molecule has 0 aliphatic heterocycles. The quantitative estimate of drug-likeness (QED) is 0.639. The van der Waals surface area contributed by atoms with E-state index in [1.165, 1.54) is 0 Å². The first-order valence-corrected chi connectivity index (χ1v) is 4.23. The number of ether oxygens (including phenoxy) is 1. The SMILES string of the molecule is COCCCNC(=O)C(C)(C)C#N. The van der Waals surface area contributed by atoms with E-state index < -0.39 is 5.41 Å². The van der Waals surface area contributed by atoms with Crippen molar-refractivity contribution in [2.45, 2.75) is 20.3 Å². The number of rotatable bonds is 5. The van der Waals surface area contributed by atoms with Gasteiger partial charge in [-0.3, -0.25) is 4.79 Å². The second-order valence-electron chi connectivity index (χ2n) is 3.34.